The van der Waals surface area contributed by atoms with Gasteiger partial charge >= 0.3 is 0 Å². The van der Waals surface area contributed by atoms with Crippen molar-refractivity contribution >= 4 is 21.9 Å². The van der Waals surface area contributed by atoms with Crippen LogP contribution in [0.2, 0.25) is 0 Å². The minimum absolute atomic E-state index is 0.243. The summed E-state index contributed by atoms with van der Waals surface area (Å²) in [6.45, 7) is 0. The van der Waals surface area contributed by atoms with Crippen LogP contribution in [0.15, 0.2) is 29.4 Å². The highest BCUT2D eigenvalue weighted by Gasteiger charge is 2.04. The molecule has 2 N–H and O–H groups in total. The predicted octanol–water partition coefficient (Wildman–Crippen LogP) is 1.01. The topological polar surface area (TPSA) is 69.6 Å². The third-order valence-corrected chi connectivity index (χ3v) is 2.05. The van der Waals surface area contributed by atoms with Crippen molar-refractivity contribution in [3.63, 3.8) is 0 Å². The Morgan fingerprint density at radius 3 is 3.00 bits per heavy atom. The van der Waals surface area contributed by atoms with E-state index >= 15 is 0 Å². The predicted molar refractivity (Wildman–Crippen MR) is 51.3 cm³/mol. The summed E-state index contributed by atoms with van der Waals surface area (Å²) in [5, 5.41) is 0. The minimum Gasteiger partial charge on any atom is -0.368 e. The number of rotatable bonds is 1. The lowest BCUT2D eigenvalue weighted by Gasteiger charge is -2.03. The average molecular weight is 240 g/mol. The van der Waals surface area contributed by atoms with Crippen molar-refractivity contribution in [2.24, 2.45) is 0 Å². The Hall–Kier alpha value is -1.43. The van der Waals surface area contributed by atoms with Crippen LogP contribution < -0.4 is 5.73 Å². The molecule has 0 aliphatic carbocycles. The van der Waals surface area contributed by atoms with E-state index in [2.05, 4.69) is 30.9 Å². The van der Waals surface area contributed by atoms with Crippen LogP contribution in [-0.4, -0.2) is 19.5 Å². The lowest BCUT2D eigenvalue weighted by molar-refractivity contribution is 0.967. The van der Waals surface area contributed by atoms with Crippen LogP contribution in [-0.2, 0) is 0 Å². The zero-order valence-corrected chi connectivity index (χ0v) is 8.14. The minimum atomic E-state index is 0.243. The highest BCUT2D eigenvalue weighted by molar-refractivity contribution is 9.10. The molecule has 2 rings (SSSR count). The van der Waals surface area contributed by atoms with Gasteiger partial charge in [-0.15, -0.1) is 0 Å². The summed E-state index contributed by atoms with van der Waals surface area (Å²) in [5.41, 5.74) is 5.46. The van der Waals surface area contributed by atoms with E-state index in [0.717, 1.165) is 4.47 Å². The summed E-state index contributed by atoms with van der Waals surface area (Å²) in [5.74, 6) is 0.928. The Balaban J connectivity index is 2.57. The first-order valence-electron chi connectivity index (χ1n) is 3.54. The Labute approximate surface area is 82.8 Å². The van der Waals surface area contributed by atoms with Crippen LogP contribution in [0, 0.1) is 0 Å². The van der Waals surface area contributed by atoms with Gasteiger partial charge in [0.15, 0.2) is 5.82 Å². The number of nitrogens with two attached hydrogens (primary N) is 1. The summed E-state index contributed by atoms with van der Waals surface area (Å²) in [7, 11) is 0. The Morgan fingerprint density at radius 1 is 1.46 bits per heavy atom. The fourth-order valence-corrected chi connectivity index (χ4v) is 1.33. The molecule has 5 nitrogen and oxygen atoms in total. The summed E-state index contributed by atoms with van der Waals surface area (Å²) in [4.78, 5) is 11.8. The molecule has 0 aliphatic rings. The van der Waals surface area contributed by atoms with E-state index in [0.29, 0.717) is 5.82 Å². The number of hydrogen-bond acceptors (Lipinski definition) is 4. The maximum absolute atomic E-state index is 5.46. The molecule has 0 aromatic carbocycles. The van der Waals surface area contributed by atoms with Gasteiger partial charge in [-0.2, -0.15) is 4.98 Å². The zero-order valence-electron chi connectivity index (χ0n) is 6.55. The molecule has 0 unspecified atom stereocenters. The molecule has 2 aromatic rings. The van der Waals surface area contributed by atoms with Crippen LogP contribution in [0.4, 0.5) is 5.95 Å². The first-order chi connectivity index (χ1) is 6.27. The van der Waals surface area contributed by atoms with Crippen molar-refractivity contribution in [3.05, 3.63) is 29.4 Å². The molecule has 0 radical (unpaired) electrons. The largest absolute Gasteiger partial charge is 0.368 e. The van der Waals surface area contributed by atoms with E-state index in [4.69, 9.17) is 5.73 Å². The standard InChI is InChI=1S/C7H6BrN5/c8-5-3-11-7(9)12-6(5)13-2-1-10-4-13/h1-4H,(H2,9,11,12). The fraction of sp³-hybridized carbons (Fsp3) is 0. The van der Waals surface area contributed by atoms with Gasteiger partial charge in [0.2, 0.25) is 5.95 Å². The third kappa shape index (κ3) is 1.52. The van der Waals surface area contributed by atoms with E-state index in [9.17, 15) is 0 Å². The van der Waals surface area contributed by atoms with Gasteiger partial charge in [0.05, 0.1) is 4.47 Å². The Morgan fingerprint density at radius 2 is 2.31 bits per heavy atom. The SMILES string of the molecule is Nc1ncc(Br)c(-n2ccnc2)n1. The smallest absolute Gasteiger partial charge is 0.222 e. The first-order valence-corrected chi connectivity index (χ1v) is 4.33. The van der Waals surface area contributed by atoms with Gasteiger partial charge in [-0.3, -0.25) is 4.57 Å². The van der Waals surface area contributed by atoms with Gasteiger partial charge in [0.1, 0.15) is 6.33 Å². The molecule has 66 valence electrons. The van der Waals surface area contributed by atoms with E-state index in [-0.39, 0.29) is 5.95 Å². The van der Waals surface area contributed by atoms with Gasteiger partial charge in [0.25, 0.3) is 0 Å². The summed E-state index contributed by atoms with van der Waals surface area (Å²) in [6, 6.07) is 0. The third-order valence-electron chi connectivity index (χ3n) is 1.49. The van der Waals surface area contributed by atoms with Crippen LogP contribution in [0.5, 0.6) is 0 Å². The van der Waals surface area contributed by atoms with Gasteiger partial charge in [-0.25, -0.2) is 9.97 Å². The highest BCUT2D eigenvalue weighted by atomic mass is 79.9. The Bertz CT molecular complexity index is 411. The lowest BCUT2D eigenvalue weighted by atomic mass is 10.5. The molecule has 0 amide bonds. The van der Waals surface area contributed by atoms with Crippen LogP contribution >= 0.6 is 15.9 Å². The molecule has 0 bridgehead atoms. The summed E-state index contributed by atoms with van der Waals surface area (Å²) >= 11 is 3.32. The molecule has 2 aromatic heterocycles. The van der Waals surface area contributed by atoms with Gasteiger partial charge < -0.3 is 5.73 Å². The molecule has 0 saturated heterocycles. The normalized spacial score (nSPS) is 10.2. The fourth-order valence-electron chi connectivity index (χ4n) is 0.937. The lowest BCUT2D eigenvalue weighted by Crippen LogP contribution is -2.01. The van der Waals surface area contributed by atoms with Crippen molar-refractivity contribution in [1.29, 1.82) is 0 Å². The van der Waals surface area contributed by atoms with Crippen LogP contribution in [0.25, 0.3) is 5.82 Å². The molecule has 0 fully saturated rings. The molecule has 13 heavy (non-hydrogen) atoms. The highest BCUT2D eigenvalue weighted by Crippen LogP contribution is 2.17. The van der Waals surface area contributed by atoms with E-state index in [1.165, 1.54) is 0 Å². The van der Waals surface area contributed by atoms with Crippen molar-refractivity contribution < 1.29 is 0 Å². The van der Waals surface area contributed by atoms with Gasteiger partial charge in [-0.1, -0.05) is 0 Å². The number of aromatic nitrogens is 4. The molecular formula is C7H6BrN5. The molecule has 0 atom stereocenters. The quantitative estimate of drug-likeness (QED) is 0.807. The average Bonchev–Trinajstić information content (AvgIpc) is 2.61. The molecule has 2 heterocycles. The zero-order chi connectivity index (χ0) is 9.26. The monoisotopic (exact) mass is 239 g/mol. The van der Waals surface area contributed by atoms with Crippen molar-refractivity contribution in [1.82, 2.24) is 19.5 Å². The Kier molecular flexibility index (Phi) is 1.97. The molecule has 6 heteroatoms. The summed E-state index contributed by atoms with van der Waals surface area (Å²) < 4.78 is 2.53. The number of anilines is 1. The maximum Gasteiger partial charge on any atom is 0.222 e. The van der Waals surface area contributed by atoms with Crippen molar-refractivity contribution in [2.75, 3.05) is 5.73 Å². The number of imidazole rings is 1. The van der Waals surface area contributed by atoms with Crippen LogP contribution in [0.1, 0.15) is 0 Å². The molecular weight excluding hydrogens is 234 g/mol. The number of nitrogens with zero attached hydrogens (tertiary/aromatic N) is 4. The number of nitrogen functional groups attached to an aromatic ring is 1. The molecule has 0 spiro atoms. The van der Waals surface area contributed by atoms with Crippen molar-refractivity contribution in [3.8, 4) is 5.82 Å². The second kappa shape index (κ2) is 3.14. The summed E-state index contributed by atoms with van der Waals surface area (Å²) in [6.07, 6.45) is 6.71. The van der Waals surface area contributed by atoms with E-state index in [1.54, 1.807) is 29.5 Å². The maximum atomic E-state index is 5.46. The van der Waals surface area contributed by atoms with Gasteiger partial charge in [0, 0.05) is 18.6 Å². The second-order valence-corrected chi connectivity index (χ2v) is 3.22. The van der Waals surface area contributed by atoms with Crippen LogP contribution in [0.3, 0.4) is 0 Å². The second-order valence-electron chi connectivity index (χ2n) is 2.37. The molecule has 0 saturated carbocycles. The molecule has 0 aliphatic heterocycles. The number of hydrogen-bond donors (Lipinski definition) is 1. The van der Waals surface area contributed by atoms with Crippen molar-refractivity contribution in [2.45, 2.75) is 0 Å². The number of halogens is 1. The first kappa shape index (κ1) is 8.18. The van der Waals surface area contributed by atoms with Gasteiger partial charge in [-0.05, 0) is 15.9 Å². The van der Waals surface area contributed by atoms with E-state index in [1.807, 2.05) is 0 Å². The van der Waals surface area contributed by atoms with E-state index < -0.39 is 0 Å².